The smallest absolute Gasteiger partial charge is 0.309 e. The SMILES string of the molecule is CCOC(=O)[C@@H]1CCc2cccnc2[C@@H](O[Si](C)(C)C(C)(C)C)C1. The summed E-state index contributed by atoms with van der Waals surface area (Å²) in [7, 11) is -1.96. The fraction of sp³-hybridized carbons (Fsp3) is 0.684. The number of aryl methyl sites for hydroxylation is 1. The van der Waals surface area contributed by atoms with E-state index in [-0.39, 0.29) is 23.0 Å². The number of carbonyl (C=O) groups excluding carboxylic acids is 1. The largest absolute Gasteiger partial charge is 0.466 e. The molecule has 0 fully saturated rings. The summed E-state index contributed by atoms with van der Waals surface area (Å²) in [5.74, 6) is -0.219. The van der Waals surface area contributed by atoms with E-state index in [2.05, 4.69) is 44.9 Å². The monoisotopic (exact) mass is 349 g/mol. The molecule has 2 rings (SSSR count). The molecule has 0 aliphatic heterocycles. The van der Waals surface area contributed by atoms with Gasteiger partial charge in [0.05, 0.1) is 24.3 Å². The average molecular weight is 350 g/mol. The lowest BCUT2D eigenvalue weighted by Gasteiger charge is -2.39. The molecule has 4 nitrogen and oxygen atoms in total. The Hall–Kier alpha value is -1.20. The van der Waals surface area contributed by atoms with Crippen LogP contribution in [0, 0.1) is 5.92 Å². The Morgan fingerprint density at radius 3 is 2.71 bits per heavy atom. The Bertz CT molecular complexity index is 580. The first kappa shape index (κ1) is 19.1. The van der Waals surface area contributed by atoms with Crippen molar-refractivity contribution in [2.75, 3.05) is 6.61 Å². The molecule has 1 aliphatic carbocycles. The minimum atomic E-state index is -1.96. The average Bonchev–Trinajstić information content (AvgIpc) is 2.66. The molecule has 1 aromatic heterocycles. The van der Waals surface area contributed by atoms with Crippen molar-refractivity contribution in [2.24, 2.45) is 5.92 Å². The molecule has 0 spiro atoms. The highest BCUT2D eigenvalue weighted by Crippen LogP contribution is 2.43. The van der Waals surface area contributed by atoms with E-state index < -0.39 is 8.32 Å². The number of esters is 1. The van der Waals surface area contributed by atoms with Gasteiger partial charge in [-0.2, -0.15) is 0 Å². The van der Waals surface area contributed by atoms with E-state index in [9.17, 15) is 4.79 Å². The second-order valence-electron chi connectivity index (χ2n) is 8.14. The lowest BCUT2D eigenvalue weighted by molar-refractivity contribution is -0.149. The van der Waals surface area contributed by atoms with Gasteiger partial charge < -0.3 is 9.16 Å². The minimum Gasteiger partial charge on any atom is -0.466 e. The number of hydrogen-bond acceptors (Lipinski definition) is 4. The van der Waals surface area contributed by atoms with Crippen molar-refractivity contribution in [3.05, 3.63) is 29.6 Å². The van der Waals surface area contributed by atoms with Crippen LogP contribution in [-0.4, -0.2) is 25.9 Å². The predicted molar refractivity (Wildman–Crippen MR) is 98.3 cm³/mol. The van der Waals surface area contributed by atoms with E-state index in [4.69, 9.17) is 9.16 Å². The Morgan fingerprint density at radius 2 is 2.08 bits per heavy atom. The second-order valence-corrected chi connectivity index (χ2v) is 12.9. The van der Waals surface area contributed by atoms with Gasteiger partial charge in [0.2, 0.25) is 0 Å². The minimum absolute atomic E-state index is 0.103. The third-order valence-corrected chi connectivity index (χ3v) is 9.84. The number of ether oxygens (including phenoxy) is 1. The second kappa shape index (κ2) is 7.36. The molecule has 0 unspecified atom stereocenters. The van der Waals surface area contributed by atoms with Crippen molar-refractivity contribution < 1.29 is 14.0 Å². The number of hydrogen-bond donors (Lipinski definition) is 0. The first-order chi connectivity index (χ1) is 11.2. The Labute approximate surface area is 147 Å². The highest BCUT2D eigenvalue weighted by molar-refractivity contribution is 6.74. The molecule has 1 heterocycles. The quantitative estimate of drug-likeness (QED) is 0.450. The van der Waals surface area contributed by atoms with Crippen LogP contribution in [0.15, 0.2) is 18.3 Å². The van der Waals surface area contributed by atoms with Crippen LogP contribution in [0.2, 0.25) is 18.1 Å². The number of fused-ring (bicyclic) bond motifs is 1. The Balaban J connectivity index is 2.31. The van der Waals surface area contributed by atoms with Crippen LogP contribution in [0.4, 0.5) is 0 Å². The maximum absolute atomic E-state index is 12.3. The maximum atomic E-state index is 12.3. The standard InChI is InChI=1S/C19H31NO3Si/c1-7-22-18(21)15-11-10-14-9-8-12-20-17(14)16(13-15)23-24(5,6)19(2,3)4/h8-9,12,15-16H,7,10-11,13H2,1-6H3/t15-,16+/m1/s1. The molecule has 1 aliphatic rings. The molecular formula is C19H31NO3Si. The molecular weight excluding hydrogens is 318 g/mol. The zero-order valence-electron chi connectivity index (χ0n) is 15.9. The van der Waals surface area contributed by atoms with E-state index in [0.29, 0.717) is 13.0 Å². The lowest BCUT2D eigenvalue weighted by Crippen LogP contribution is -2.42. The van der Waals surface area contributed by atoms with Crippen LogP contribution in [0.25, 0.3) is 0 Å². The van der Waals surface area contributed by atoms with E-state index in [1.807, 2.05) is 19.2 Å². The molecule has 1 aromatic rings. The molecule has 0 N–H and O–H groups in total. The Morgan fingerprint density at radius 1 is 1.38 bits per heavy atom. The van der Waals surface area contributed by atoms with Gasteiger partial charge in [-0.3, -0.25) is 9.78 Å². The fourth-order valence-corrected chi connectivity index (χ4v) is 4.15. The summed E-state index contributed by atoms with van der Waals surface area (Å²) in [6.07, 6.45) is 4.01. The molecule has 5 heteroatoms. The summed E-state index contributed by atoms with van der Waals surface area (Å²) in [5, 5.41) is 0.119. The van der Waals surface area contributed by atoms with Crippen LogP contribution in [0.3, 0.4) is 0 Å². The van der Waals surface area contributed by atoms with E-state index in [1.165, 1.54) is 5.56 Å². The van der Waals surface area contributed by atoms with Gasteiger partial charge in [-0.15, -0.1) is 0 Å². The third-order valence-electron chi connectivity index (χ3n) is 5.35. The summed E-state index contributed by atoms with van der Waals surface area (Å²) in [6.45, 7) is 13.5. The first-order valence-electron chi connectivity index (χ1n) is 8.94. The third kappa shape index (κ3) is 4.25. The van der Waals surface area contributed by atoms with Gasteiger partial charge in [0, 0.05) is 6.20 Å². The zero-order valence-corrected chi connectivity index (χ0v) is 16.9. The van der Waals surface area contributed by atoms with Gasteiger partial charge >= 0.3 is 5.97 Å². The molecule has 0 saturated heterocycles. The normalized spacial score (nSPS) is 21.8. The number of rotatable bonds is 4. The summed E-state index contributed by atoms with van der Waals surface area (Å²) in [4.78, 5) is 16.9. The lowest BCUT2D eigenvalue weighted by atomic mass is 9.99. The van der Waals surface area contributed by atoms with Gasteiger partial charge in [0.1, 0.15) is 0 Å². The van der Waals surface area contributed by atoms with Crippen molar-refractivity contribution >= 4 is 14.3 Å². The van der Waals surface area contributed by atoms with E-state index in [0.717, 1.165) is 18.5 Å². The van der Waals surface area contributed by atoms with Crippen molar-refractivity contribution in [1.29, 1.82) is 0 Å². The van der Waals surface area contributed by atoms with Gasteiger partial charge in [-0.1, -0.05) is 26.8 Å². The molecule has 0 saturated carbocycles. The number of aromatic nitrogens is 1. The van der Waals surface area contributed by atoms with Crippen LogP contribution < -0.4 is 0 Å². The molecule has 24 heavy (non-hydrogen) atoms. The fourth-order valence-electron chi connectivity index (χ4n) is 2.88. The van der Waals surface area contributed by atoms with E-state index >= 15 is 0 Å². The predicted octanol–water partition coefficient (Wildman–Crippen LogP) is 4.66. The number of carbonyl (C=O) groups is 1. The molecule has 0 amide bonds. The van der Waals surface area contributed by atoms with Gasteiger partial charge in [-0.25, -0.2) is 0 Å². The molecule has 0 aromatic carbocycles. The van der Waals surface area contributed by atoms with Crippen LogP contribution >= 0.6 is 0 Å². The van der Waals surface area contributed by atoms with Crippen LogP contribution in [-0.2, 0) is 20.4 Å². The topological polar surface area (TPSA) is 48.4 Å². The van der Waals surface area contributed by atoms with Crippen LogP contribution in [0.1, 0.15) is 57.9 Å². The highest BCUT2D eigenvalue weighted by Gasteiger charge is 2.41. The summed E-state index contributed by atoms with van der Waals surface area (Å²) in [5.41, 5.74) is 2.21. The van der Waals surface area contributed by atoms with Gasteiger partial charge in [0.25, 0.3) is 0 Å². The Kier molecular flexibility index (Phi) is 5.86. The molecule has 0 radical (unpaired) electrons. The first-order valence-corrected chi connectivity index (χ1v) is 11.8. The summed E-state index contributed by atoms with van der Waals surface area (Å²) < 4.78 is 12.0. The summed E-state index contributed by atoms with van der Waals surface area (Å²) in [6, 6.07) is 4.07. The summed E-state index contributed by atoms with van der Waals surface area (Å²) >= 11 is 0. The van der Waals surface area contributed by atoms with E-state index in [1.54, 1.807) is 0 Å². The zero-order chi connectivity index (χ0) is 18.0. The van der Waals surface area contributed by atoms with Gasteiger partial charge in [-0.05, 0) is 55.9 Å². The maximum Gasteiger partial charge on any atom is 0.309 e. The molecule has 2 atom stereocenters. The van der Waals surface area contributed by atoms with Crippen molar-refractivity contribution in [1.82, 2.24) is 4.98 Å². The number of nitrogens with zero attached hydrogens (tertiary/aromatic N) is 1. The number of pyridine rings is 1. The van der Waals surface area contributed by atoms with Crippen molar-refractivity contribution in [2.45, 2.75) is 71.2 Å². The molecule has 0 bridgehead atoms. The van der Waals surface area contributed by atoms with Crippen LogP contribution in [0.5, 0.6) is 0 Å². The van der Waals surface area contributed by atoms with Crippen molar-refractivity contribution in [3.63, 3.8) is 0 Å². The van der Waals surface area contributed by atoms with Crippen molar-refractivity contribution in [3.8, 4) is 0 Å². The highest BCUT2D eigenvalue weighted by atomic mass is 28.4. The van der Waals surface area contributed by atoms with Gasteiger partial charge in [0.15, 0.2) is 8.32 Å². The molecule has 134 valence electrons.